The van der Waals surface area contributed by atoms with Crippen molar-refractivity contribution in [1.29, 1.82) is 0 Å². The highest BCUT2D eigenvalue weighted by atomic mass is 79.9. The van der Waals surface area contributed by atoms with Crippen molar-refractivity contribution in [1.82, 2.24) is 5.32 Å². The highest BCUT2D eigenvalue weighted by molar-refractivity contribution is 9.10. The summed E-state index contributed by atoms with van der Waals surface area (Å²) >= 11 is 3.22. The Balaban J connectivity index is 1.82. The zero-order chi connectivity index (χ0) is 11.4. The van der Waals surface area contributed by atoms with Crippen LogP contribution in [0, 0.1) is 5.82 Å². The monoisotopic (exact) mass is 287 g/mol. The fraction of sp³-hybridized carbons (Fsp3) is 0.500. The van der Waals surface area contributed by atoms with Gasteiger partial charge < -0.3 is 10.1 Å². The third kappa shape index (κ3) is 3.03. The maximum atomic E-state index is 13.2. The quantitative estimate of drug-likeness (QED) is 0.920. The molecule has 0 radical (unpaired) electrons. The molecule has 0 saturated carbocycles. The zero-order valence-corrected chi connectivity index (χ0v) is 10.6. The molecule has 2 nitrogen and oxygen atoms in total. The molecule has 0 aliphatic carbocycles. The molecule has 1 aromatic rings. The van der Waals surface area contributed by atoms with Crippen LogP contribution in [0.3, 0.4) is 0 Å². The van der Waals surface area contributed by atoms with E-state index in [1.165, 1.54) is 18.9 Å². The van der Waals surface area contributed by atoms with Crippen LogP contribution in [0.25, 0.3) is 0 Å². The van der Waals surface area contributed by atoms with E-state index in [1.54, 1.807) is 6.07 Å². The Hall–Kier alpha value is -0.450. The van der Waals surface area contributed by atoms with E-state index < -0.39 is 0 Å². The van der Waals surface area contributed by atoms with Crippen LogP contribution in [0.1, 0.15) is 18.4 Å². The first-order valence-corrected chi connectivity index (χ1v) is 6.30. The number of nitrogens with one attached hydrogen (secondary N) is 1. The van der Waals surface area contributed by atoms with Gasteiger partial charge in [0, 0.05) is 6.04 Å². The fourth-order valence-electron chi connectivity index (χ4n) is 1.87. The van der Waals surface area contributed by atoms with Gasteiger partial charge in [0.05, 0.1) is 17.7 Å². The first-order chi connectivity index (χ1) is 7.77. The second kappa shape index (κ2) is 5.75. The standard InChI is InChI=1S/C12H15BrFNO/c13-12-9(3-1-5-11(12)14)7-16-8-10-4-2-6-15-10/h1,3,5,10,15H,2,4,6-8H2. The summed E-state index contributed by atoms with van der Waals surface area (Å²) in [5, 5.41) is 3.36. The van der Waals surface area contributed by atoms with Gasteiger partial charge in [-0.15, -0.1) is 0 Å². The van der Waals surface area contributed by atoms with E-state index in [2.05, 4.69) is 21.2 Å². The van der Waals surface area contributed by atoms with Crippen LogP contribution in [0.2, 0.25) is 0 Å². The Morgan fingerprint density at radius 1 is 1.50 bits per heavy atom. The molecule has 1 aromatic carbocycles. The lowest BCUT2D eigenvalue weighted by Gasteiger charge is -2.11. The summed E-state index contributed by atoms with van der Waals surface area (Å²) in [6.07, 6.45) is 2.39. The van der Waals surface area contributed by atoms with Gasteiger partial charge in [0.1, 0.15) is 5.82 Å². The molecule has 0 aromatic heterocycles. The SMILES string of the molecule is Fc1cccc(COCC2CCCN2)c1Br. The molecule has 4 heteroatoms. The van der Waals surface area contributed by atoms with E-state index in [0.717, 1.165) is 12.1 Å². The van der Waals surface area contributed by atoms with Crippen LogP contribution in [0.5, 0.6) is 0 Å². The molecule has 1 atom stereocenters. The van der Waals surface area contributed by atoms with Crippen molar-refractivity contribution in [2.24, 2.45) is 0 Å². The summed E-state index contributed by atoms with van der Waals surface area (Å²) < 4.78 is 19.3. The lowest BCUT2D eigenvalue weighted by Crippen LogP contribution is -2.26. The number of hydrogen-bond donors (Lipinski definition) is 1. The molecule has 88 valence electrons. The lowest BCUT2D eigenvalue weighted by molar-refractivity contribution is 0.103. The van der Waals surface area contributed by atoms with E-state index in [0.29, 0.717) is 23.7 Å². The van der Waals surface area contributed by atoms with Crippen LogP contribution in [0.4, 0.5) is 4.39 Å². The van der Waals surface area contributed by atoms with Crippen molar-refractivity contribution < 1.29 is 9.13 Å². The van der Waals surface area contributed by atoms with Gasteiger partial charge in [0.15, 0.2) is 0 Å². The lowest BCUT2D eigenvalue weighted by atomic mass is 10.2. The molecule has 1 aliphatic rings. The van der Waals surface area contributed by atoms with Crippen molar-refractivity contribution in [2.75, 3.05) is 13.2 Å². The molecule has 2 rings (SSSR count). The topological polar surface area (TPSA) is 21.3 Å². The number of benzene rings is 1. The van der Waals surface area contributed by atoms with E-state index in [4.69, 9.17) is 4.74 Å². The van der Waals surface area contributed by atoms with Gasteiger partial charge in [-0.05, 0) is 46.9 Å². The van der Waals surface area contributed by atoms with E-state index >= 15 is 0 Å². The van der Waals surface area contributed by atoms with Gasteiger partial charge in [-0.1, -0.05) is 12.1 Å². The predicted molar refractivity (Wildman–Crippen MR) is 64.8 cm³/mol. The molecular formula is C12H15BrFNO. The Labute approximate surface area is 103 Å². The van der Waals surface area contributed by atoms with Crippen molar-refractivity contribution in [3.63, 3.8) is 0 Å². The molecule has 0 spiro atoms. The van der Waals surface area contributed by atoms with Gasteiger partial charge in [-0.3, -0.25) is 0 Å². The van der Waals surface area contributed by atoms with Crippen LogP contribution in [-0.2, 0) is 11.3 Å². The molecule has 0 bridgehead atoms. The van der Waals surface area contributed by atoms with Crippen molar-refractivity contribution >= 4 is 15.9 Å². The van der Waals surface area contributed by atoms with Crippen LogP contribution in [0.15, 0.2) is 22.7 Å². The minimum absolute atomic E-state index is 0.236. The van der Waals surface area contributed by atoms with Gasteiger partial charge in [-0.2, -0.15) is 0 Å². The van der Waals surface area contributed by atoms with Crippen LogP contribution < -0.4 is 5.32 Å². The average molecular weight is 288 g/mol. The number of ether oxygens (including phenoxy) is 1. The fourth-order valence-corrected chi connectivity index (χ4v) is 2.25. The zero-order valence-electron chi connectivity index (χ0n) is 9.01. The summed E-state index contributed by atoms with van der Waals surface area (Å²) in [7, 11) is 0. The number of hydrogen-bond acceptors (Lipinski definition) is 2. The Kier molecular flexibility index (Phi) is 4.32. The van der Waals surface area contributed by atoms with Crippen LogP contribution in [-0.4, -0.2) is 19.2 Å². The Bertz CT molecular complexity index is 353. The molecule has 1 unspecified atom stereocenters. The summed E-state index contributed by atoms with van der Waals surface area (Å²) in [6, 6.07) is 5.47. The van der Waals surface area contributed by atoms with E-state index in [1.807, 2.05) is 6.07 Å². The molecule has 1 heterocycles. The van der Waals surface area contributed by atoms with Gasteiger partial charge >= 0.3 is 0 Å². The normalized spacial score (nSPS) is 20.2. The molecule has 0 amide bonds. The summed E-state index contributed by atoms with van der Waals surface area (Å²) in [6.45, 7) is 2.23. The average Bonchev–Trinajstić information content (AvgIpc) is 2.77. The molecule has 1 fully saturated rings. The highest BCUT2D eigenvalue weighted by Gasteiger charge is 2.14. The minimum Gasteiger partial charge on any atom is -0.375 e. The van der Waals surface area contributed by atoms with Gasteiger partial charge in [-0.25, -0.2) is 4.39 Å². The largest absolute Gasteiger partial charge is 0.375 e. The third-order valence-electron chi connectivity index (χ3n) is 2.77. The third-order valence-corrected chi connectivity index (χ3v) is 3.66. The van der Waals surface area contributed by atoms with E-state index in [-0.39, 0.29) is 5.82 Å². The smallest absolute Gasteiger partial charge is 0.137 e. The van der Waals surface area contributed by atoms with Crippen LogP contribution >= 0.6 is 15.9 Å². The van der Waals surface area contributed by atoms with Crippen molar-refractivity contribution in [3.8, 4) is 0 Å². The molecule has 1 N–H and O–H groups in total. The first-order valence-electron chi connectivity index (χ1n) is 5.51. The Morgan fingerprint density at radius 2 is 2.38 bits per heavy atom. The molecule has 16 heavy (non-hydrogen) atoms. The number of rotatable bonds is 4. The molecular weight excluding hydrogens is 273 g/mol. The first kappa shape index (κ1) is 12.0. The van der Waals surface area contributed by atoms with E-state index in [9.17, 15) is 4.39 Å². The Morgan fingerprint density at radius 3 is 3.12 bits per heavy atom. The maximum absolute atomic E-state index is 13.2. The van der Waals surface area contributed by atoms with Gasteiger partial charge in [0.25, 0.3) is 0 Å². The summed E-state index contributed by atoms with van der Waals surface area (Å²) in [5.41, 5.74) is 0.859. The highest BCUT2D eigenvalue weighted by Crippen LogP contribution is 2.21. The molecule has 1 aliphatic heterocycles. The second-order valence-corrected chi connectivity index (χ2v) is 4.81. The predicted octanol–water partition coefficient (Wildman–Crippen LogP) is 2.86. The molecule has 1 saturated heterocycles. The number of halogens is 2. The summed E-state index contributed by atoms with van der Waals surface area (Å²) in [5.74, 6) is -0.236. The van der Waals surface area contributed by atoms with Crippen molar-refractivity contribution in [3.05, 3.63) is 34.1 Å². The maximum Gasteiger partial charge on any atom is 0.137 e. The van der Waals surface area contributed by atoms with Crippen molar-refractivity contribution in [2.45, 2.75) is 25.5 Å². The summed E-state index contributed by atoms with van der Waals surface area (Å²) in [4.78, 5) is 0. The second-order valence-electron chi connectivity index (χ2n) is 4.02. The van der Waals surface area contributed by atoms with Gasteiger partial charge in [0.2, 0.25) is 0 Å². The minimum atomic E-state index is -0.236.